The summed E-state index contributed by atoms with van der Waals surface area (Å²) in [5, 5.41) is 2.06. The summed E-state index contributed by atoms with van der Waals surface area (Å²) in [7, 11) is 0.559. The van der Waals surface area contributed by atoms with Crippen LogP contribution in [0, 0.1) is 0 Å². The van der Waals surface area contributed by atoms with Gasteiger partial charge in [-0.15, -0.1) is 0 Å². The molecular formula is C20H21ClN4O2S+2. The minimum absolute atomic E-state index is 0.128. The number of nitrogen functional groups attached to an aromatic ring is 1. The Morgan fingerprint density at radius 1 is 1.18 bits per heavy atom. The number of aromatic nitrogens is 1. The van der Waals surface area contributed by atoms with Crippen LogP contribution in [-0.4, -0.2) is 22.1 Å². The fraction of sp³-hybridized carbons (Fsp3) is 0.100. The number of anilines is 1. The summed E-state index contributed by atoms with van der Waals surface area (Å²) in [5.41, 5.74) is 9.42. The van der Waals surface area contributed by atoms with E-state index in [0.717, 1.165) is 16.8 Å². The second kappa shape index (κ2) is 9.07. The molecule has 8 heteroatoms. The molecule has 6 nitrogen and oxygen atoms in total. The van der Waals surface area contributed by atoms with E-state index < -0.39 is 11.0 Å². The summed E-state index contributed by atoms with van der Waals surface area (Å²) in [6.07, 6.45) is 1.56. The zero-order valence-electron chi connectivity index (χ0n) is 15.3. The molecule has 3 rings (SSSR count). The number of carbonyl (C=O) groups excluding carboxylic acids is 1. The van der Waals surface area contributed by atoms with Crippen molar-refractivity contribution in [1.29, 1.82) is 0 Å². The van der Waals surface area contributed by atoms with E-state index in [2.05, 4.69) is 4.98 Å². The van der Waals surface area contributed by atoms with E-state index in [9.17, 15) is 9.00 Å². The molecule has 1 aromatic heterocycles. The van der Waals surface area contributed by atoms with Crippen LogP contribution in [0.5, 0.6) is 0 Å². The number of primary amides is 1. The summed E-state index contributed by atoms with van der Waals surface area (Å²) in [5.74, 6) is -0.128. The average Bonchev–Trinajstić information content (AvgIpc) is 2.72. The molecule has 0 radical (unpaired) electrons. The molecule has 2 aromatic carbocycles. The highest BCUT2D eigenvalue weighted by atomic mass is 35.5. The Hall–Kier alpha value is -2.58. The predicted octanol–water partition coefficient (Wildman–Crippen LogP) is 1.10. The maximum atomic E-state index is 12.4. The first kappa shape index (κ1) is 20.2. The minimum atomic E-state index is -1.17. The number of benzene rings is 2. The Morgan fingerprint density at radius 2 is 2.00 bits per heavy atom. The highest BCUT2D eigenvalue weighted by Gasteiger charge is 2.14. The number of nitrogens with zero attached hydrogens (tertiary/aromatic N) is 1. The van der Waals surface area contributed by atoms with E-state index in [1.807, 2.05) is 24.3 Å². The molecular weight excluding hydrogens is 396 g/mol. The van der Waals surface area contributed by atoms with Crippen molar-refractivity contribution in [3.63, 3.8) is 0 Å². The van der Waals surface area contributed by atoms with Gasteiger partial charge >= 0.3 is 5.91 Å². The summed E-state index contributed by atoms with van der Waals surface area (Å²) in [6.45, 7) is 0.386. The molecule has 0 saturated heterocycles. The number of hydrogen-bond acceptors (Lipinski definition) is 4. The lowest BCUT2D eigenvalue weighted by atomic mass is 10.1. The van der Waals surface area contributed by atoms with Gasteiger partial charge < -0.3 is 5.73 Å². The van der Waals surface area contributed by atoms with E-state index >= 15 is 0 Å². The largest absolute Gasteiger partial charge is 0.399 e. The standard InChI is InChI=1S/C20H19ClN4O2S/c1-23-28(27)17-7-5-14(18(21)10-17)11-25-20(26)15-6-8-19(24-12-15)13-3-2-4-16(22)9-13/h2-10,12,23H,11,22H2,1H3,(H,25,26)/p+2. The van der Waals surface area contributed by atoms with Gasteiger partial charge in [-0.05, 0) is 36.4 Å². The second-order valence-electron chi connectivity index (χ2n) is 6.12. The topological polar surface area (TPSA) is 106 Å². The van der Waals surface area contributed by atoms with E-state index in [-0.39, 0.29) is 5.91 Å². The van der Waals surface area contributed by atoms with Gasteiger partial charge in [0.25, 0.3) is 0 Å². The first-order valence-electron chi connectivity index (χ1n) is 8.66. The van der Waals surface area contributed by atoms with Crippen LogP contribution < -0.4 is 15.8 Å². The lowest BCUT2D eigenvalue weighted by Gasteiger charge is -2.05. The van der Waals surface area contributed by atoms with Gasteiger partial charge in [0.15, 0.2) is 0 Å². The monoisotopic (exact) mass is 416 g/mol. The van der Waals surface area contributed by atoms with Crippen LogP contribution in [0.25, 0.3) is 11.3 Å². The van der Waals surface area contributed by atoms with Crippen LogP contribution in [-0.2, 0) is 17.5 Å². The number of quaternary nitrogens is 2. The first-order valence-corrected chi connectivity index (χ1v) is 10.2. The van der Waals surface area contributed by atoms with Crippen molar-refractivity contribution >= 4 is 34.2 Å². The Labute approximate surface area is 170 Å². The quantitative estimate of drug-likeness (QED) is 0.523. The van der Waals surface area contributed by atoms with Crippen molar-refractivity contribution in [2.75, 3.05) is 12.8 Å². The third kappa shape index (κ3) is 4.82. The molecule has 0 aliphatic rings. The predicted molar refractivity (Wildman–Crippen MR) is 110 cm³/mol. The van der Waals surface area contributed by atoms with Crippen LogP contribution in [0.2, 0.25) is 5.02 Å². The van der Waals surface area contributed by atoms with Crippen molar-refractivity contribution in [3.05, 3.63) is 76.9 Å². The van der Waals surface area contributed by atoms with Crippen LogP contribution in [0.4, 0.5) is 5.69 Å². The summed E-state index contributed by atoms with van der Waals surface area (Å²) >= 11 is 6.26. The van der Waals surface area contributed by atoms with Gasteiger partial charge in [0.2, 0.25) is 11.0 Å². The third-order valence-electron chi connectivity index (χ3n) is 4.21. The highest BCUT2D eigenvalue weighted by molar-refractivity contribution is 7.78. The van der Waals surface area contributed by atoms with Crippen molar-refractivity contribution in [2.24, 2.45) is 0 Å². The Kier molecular flexibility index (Phi) is 6.53. The smallest absolute Gasteiger partial charge is 0.344 e. The van der Waals surface area contributed by atoms with Crippen molar-refractivity contribution in [1.82, 2.24) is 4.98 Å². The van der Waals surface area contributed by atoms with Gasteiger partial charge in [0.1, 0.15) is 6.54 Å². The molecule has 0 fully saturated rings. The second-order valence-corrected chi connectivity index (χ2v) is 8.06. The van der Waals surface area contributed by atoms with E-state index in [1.54, 1.807) is 53.6 Å². The zero-order valence-corrected chi connectivity index (χ0v) is 16.8. The van der Waals surface area contributed by atoms with Crippen LogP contribution in [0.3, 0.4) is 0 Å². The molecule has 3 aromatic rings. The number of carbonyl (C=O) groups is 1. The summed E-state index contributed by atoms with van der Waals surface area (Å²) in [4.78, 5) is 17.4. The van der Waals surface area contributed by atoms with E-state index in [4.69, 9.17) is 17.3 Å². The molecule has 0 bridgehead atoms. The number of halogens is 1. The molecule has 1 unspecified atom stereocenters. The fourth-order valence-corrected chi connectivity index (χ4v) is 3.71. The lowest BCUT2D eigenvalue weighted by molar-refractivity contribution is -0.571. The van der Waals surface area contributed by atoms with Gasteiger partial charge in [-0.3, -0.25) is 15.0 Å². The van der Waals surface area contributed by atoms with Gasteiger partial charge in [-0.2, -0.15) is 4.21 Å². The number of pyridine rings is 1. The molecule has 28 heavy (non-hydrogen) atoms. The van der Waals surface area contributed by atoms with Gasteiger partial charge in [0, 0.05) is 23.0 Å². The SMILES string of the molecule is C[NH2+]S(=O)c1ccc(C[NH2+]C(=O)c2ccc(-c3cccc(N)c3)nc2)c(Cl)c1. The normalized spacial score (nSPS) is 11.9. The number of nitrogens with two attached hydrogens (primary N) is 3. The van der Waals surface area contributed by atoms with Gasteiger partial charge in [-0.1, -0.05) is 29.8 Å². The maximum Gasteiger partial charge on any atom is 0.344 e. The number of amides is 1. The maximum absolute atomic E-state index is 12.4. The third-order valence-corrected chi connectivity index (χ3v) is 5.71. The number of rotatable bonds is 6. The van der Waals surface area contributed by atoms with Gasteiger partial charge in [0.05, 0.1) is 28.2 Å². The molecule has 144 valence electrons. The fourth-order valence-electron chi connectivity index (χ4n) is 2.68. The molecule has 1 atom stereocenters. The Morgan fingerprint density at radius 3 is 2.64 bits per heavy atom. The molecule has 1 amide bonds. The minimum Gasteiger partial charge on any atom is -0.399 e. The summed E-state index contributed by atoms with van der Waals surface area (Å²) < 4.78 is 13.4. The van der Waals surface area contributed by atoms with Crippen molar-refractivity contribution in [2.45, 2.75) is 11.4 Å². The first-order chi connectivity index (χ1) is 13.5. The van der Waals surface area contributed by atoms with Crippen LogP contribution >= 0.6 is 11.6 Å². The van der Waals surface area contributed by atoms with Gasteiger partial charge in [-0.25, -0.2) is 4.79 Å². The zero-order chi connectivity index (χ0) is 20.1. The molecule has 6 N–H and O–H groups in total. The lowest BCUT2D eigenvalue weighted by Crippen LogP contribution is -2.86. The van der Waals surface area contributed by atoms with Crippen molar-refractivity contribution in [3.8, 4) is 11.3 Å². The van der Waals surface area contributed by atoms with E-state index in [0.29, 0.717) is 27.7 Å². The highest BCUT2D eigenvalue weighted by Crippen LogP contribution is 2.20. The Bertz CT molecular complexity index is 1020. The molecule has 0 aliphatic heterocycles. The molecule has 0 spiro atoms. The molecule has 0 aliphatic carbocycles. The van der Waals surface area contributed by atoms with Crippen molar-refractivity contribution < 1.29 is 19.0 Å². The van der Waals surface area contributed by atoms with E-state index in [1.165, 1.54) is 0 Å². The molecule has 0 saturated carbocycles. The van der Waals surface area contributed by atoms with Crippen LogP contribution in [0.15, 0.2) is 65.7 Å². The molecule has 1 heterocycles. The Balaban J connectivity index is 1.66. The average molecular weight is 417 g/mol. The summed E-state index contributed by atoms with van der Waals surface area (Å²) in [6, 6.07) is 16.2. The van der Waals surface area contributed by atoms with Crippen LogP contribution in [0.1, 0.15) is 15.9 Å². The number of hydrogen-bond donors (Lipinski definition) is 3.